The molecule has 0 bridgehead atoms. The minimum atomic E-state index is -0.158. The lowest BCUT2D eigenvalue weighted by atomic mass is 10.2. The lowest BCUT2D eigenvalue weighted by Crippen LogP contribution is -1.92. The van der Waals surface area contributed by atoms with Crippen molar-refractivity contribution in [3.63, 3.8) is 0 Å². The van der Waals surface area contributed by atoms with Crippen molar-refractivity contribution in [1.29, 1.82) is 0 Å². The summed E-state index contributed by atoms with van der Waals surface area (Å²) in [4.78, 5) is 0. The van der Waals surface area contributed by atoms with Crippen LogP contribution in [-0.2, 0) is 7.05 Å². The summed E-state index contributed by atoms with van der Waals surface area (Å²) in [6.07, 6.45) is 0. The highest BCUT2D eigenvalue weighted by Crippen LogP contribution is 2.27. The van der Waals surface area contributed by atoms with E-state index in [9.17, 15) is 4.39 Å². The van der Waals surface area contributed by atoms with Crippen LogP contribution in [0.2, 0.25) is 0 Å². The Balaban J connectivity index is 2.66. The second-order valence-corrected chi connectivity index (χ2v) is 3.57. The Labute approximate surface area is 88.3 Å². The number of nitrogens with zero attached hydrogens (tertiary/aromatic N) is 1. The monoisotopic (exact) mass is 207 g/mol. The third kappa shape index (κ3) is 1.48. The molecule has 2 aromatic rings. The molecule has 1 heterocycles. The van der Waals surface area contributed by atoms with Crippen molar-refractivity contribution in [2.75, 3.05) is 6.61 Å². The van der Waals surface area contributed by atoms with E-state index in [4.69, 9.17) is 4.74 Å². The van der Waals surface area contributed by atoms with Crippen LogP contribution in [0.5, 0.6) is 5.75 Å². The first-order chi connectivity index (χ1) is 7.15. The number of aromatic nitrogens is 1. The van der Waals surface area contributed by atoms with Crippen molar-refractivity contribution in [3.8, 4) is 5.75 Å². The largest absolute Gasteiger partial charge is 0.494 e. The summed E-state index contributed by atoms with van der Waals surface area (Å²) < 4.78 is 21.0. The van der Waals surface area contributed by atoms with Gasteiger partial charge < -0.3 is 9.30 Å². The summed E-state index contributed by atoms with van der Waals surface area (Å²) in [5.41, 5.74) is 1.55. The lowest BCUT2D eigenvalue weighted by molar-refractivity contribution is 0.340. The number of aryl methyl sites for hydroxylation is 1. The second-order valence-electron chi connectivity index (χ2n) is 3.57. The smallest absolute Gasteiger partial charge is 0.151 e. The van der Waals surface area contributed by atoms with Gasteiger partial charge in [0.25, 0.3) is 0 Å². The first-order valence-electron chi connectivity index (χ1n) is 5.02. The molecule has 0 aliphatic carbocycles. The summed E-state index contributed by atoms with van der Waals surface area (Å²) in [6.45, 7) is 4.28. The SMILES string of the molecule is CCOc1ccc2c(c1)c(F)c(C)n2C. The Bertz CT molecular complexity index is 502. The molecule has 15 heavy (non-hydrogen) atoms. The number of rotatable bonds is 2. The van der Waals surface area contributed by atoms with Crippen molar-refractivity contribution in [1.82, 2.24) is 4.57 Å². The van der Waals surface area contributed by atoms with Gasteiger partial charge in [-0.05, 0) is 32.0 Å². The predicted molar refractivity (Wildman–Crippen MR) is 58.8 cm³/mol. The van der Waals surface area contributed by atoms with E-state index in [0.29, 0.717) is 17.7 Å². The second kappa shape index (κ2) is 3.57. The van der Waals surface area contributed by atoms with E-state index in [1.807, 2.05) is 30.7 Å². The highest BCUT2D eigenvalue weighted by Gasteiger charge is 2.11. The maximum absolute atomic E-state index is 13.8. The molecular weight excluding hydrogens is 193 g/mol. The van der Waals surface area contributed by atoms with E-state index in [1.165, 1.54) is 0 Å². The number of ether oxygens (including phenoxy) is 1. The predicted octanol–water partition coefficient (Wildman–Crippen LogP) is 3.02. The summed E-state index contributed by atoms with van der Waals surface area (Å²) >= 11 is 0. The molecule has 0 fully saturated rings. The molecule has 0 radical (unpaired) electrons. The number of benzene rings is 1. The van der Waals surface area contributed by atoms with E-state index < -0.39 is 0 Å². The van der Waals surface area contributed by atoms with Gasteiger partial charge in [-0.3, -0.25) is 0 Å². The fourth-order valence-electron chi connectivity index (χ4n) is 1.76. The first kappa shape index (κ1) is 10.0. The Morgan fingerprint density at radius 1 is 1.40 bits per heavy atom. The van der Waals surface area contributed by atoms with Crippen LogP contribution >= 0.6 is 0 Å². The summed E-state index contributed by atoms with van der Waals surface area (Å²) in [5, 5.41) is 0.626. The van der Waals surface area contributed by atoms with Gasteiger partial charge in [-0.2, -0.15) is 0 Å². The van der Waals surface area contributed by atoms with Crippen molar-refractivity contribution >= 4 is 10.9 Å². The zero-order valence-electron chi connectivity index (χ0n) is 9.17. The molecule has 2 rings (SSSR count). The molecule has 0 atom stereocenters. The number of hydrogen-bond acceptors (Lipinski definition) is 1. The Kier molecular flexibility index (Phi) is 2.39. The van der Waals surface area contributed by atoms with Gasteiger partial charge >= 0.3 is 0 Å². The fourth-order valence-corrected chi connectivity index (χ4v) is 1.76. The third-order valence-corrected chi connectivity index (χ3v) is 2.70. The average Bonchev–Trinajstić information content (AvgIpc) is 2.45. The van der Waals surface area contributed by atoms with E-state index >= 15 is 0 Å². The Morgan fingerprint density at radius 2 is 2.13 bits per heavy atom. The van der Waals surface area contributed by atoms with Crippen molar-refractivity contribution in [3.05, 3.63) is 29.7 Å². The third-order valence-electron chi connectivity index (χ3n) is 2.70. The van der Waals surface area contributed by atoms with Crippen LogP contribution in [-0.4, -0.2) is 11.2 Å². The van der Waals surface area contributed by atoms with Crippen LogP contribution in [0.25, 0.3) is 10.9 Å². The van der Waals surface area contributed by atoms with Crippen LogP contribution in [0.15, 0.2) is 18.2 Å². The molecule has 0 saturated heterocycles. The molecule has 2 nitrogen and oxygen atoms in total. The van der Waals surface area contributed by atoms with Gasteiger partial charge in [-0.25, -0.2) is 4.39 Å². The van der Waals surface area contributed by atoms with E-state index in [0.717, 1.165) is 11.3 Å². The van der Waals surface area contributed by atoms with Gasteiger partial charge in [0, 0.05) is 12.4 Å². The van der Waals surface area contributed by atoms with Crippen LogP contribution < -0.4 is 4.74 Å². The topological polar surface area (TPSA) is 14.2 Å². The summed E-state index contributed by atoms with van der Waals surface area (Å²) in [6, 6.07) is 5.50. The van der Waals surface area contributed by atoms with Gasteiger partial charge in [0.05, 0.1) is 17.8 Å². The Morgan fingerprint density at radius 3 is 2.80 bits per heavy atom. The molecule has 3 heteroatoms. The summed E-state index contributed by atoms with van der Waals surface area (Å²) in [7, 11) is 1.86. The van der Waals surface area contributed by atoms with Crippen LogP contribution in [0.1, 0.15) is 12.6 Å². The fraction of sp³-hybridized carbons (Fsp3) is 0.333. The molecule has 0 N–H and O–H groups in total. The lowest BCUT2D eigenvalue weighted by Gasteiger charge is -2.03. The quantitative estimate of drug-likeness (QED) is 0.738. The van der Waals surface area contributed by atoms with E-state index in [-0.39, 0.29) is 5.82 Å². The minimum Gasteiger partial charge on any atom is -0.494 e. The maximum Gasteiger partial charge on any atom is 0.151 e. The number of hydrogen-bond donors (Lipinski definition) is 0. The molecule has 0 amide bonds. The molecule has 0 aliphatic rings. The minimum absolute atomic E-state index is 0.158. The highest BCUT2D eigenvalue weighted by atomic mass is 19.1. The molecule has 0 saturated carbocycles. The number of fused-ring (bicyclic) bond motifs is 1. The van der Waals surface area contributed by atoms with Gasteiger partial charge in [0.2, 0.25) is 0 Å². The van der Waals surface area contributed by atoms with Gasteiger partial charge in [-0.15, -0.1) is 0 Å². The van der Waals surface area contributed by atoms with Crippen LogP contribution in [0.4, 0.5) is 4.39 Å². The molecule has 1 aromatic carbocycles. The molecule has 0 unspecified atom stereocenters. The van der Waals surface area contributed by atoms with Gasteiger partial charge in [-0.1, -0.05) is 0 Å². The average molecular weight is 207 g/mol. The highest BCUT2D eigenvalue weighted by molar-refractivity contribution is 5.83. The van der Waals surface area contributed by atoms with Crippen molar-refractivity contribution in [2.24, 2.45) is 7.05 Å². The van der Waals surface area contributed by atoms with Crippen molar-refractivity contribution < 1.29 is 9.13 Å². The maximum atomic E-state index is 13.8. The van der Waals surface area contributed by atoms with Gasteiger partial charge in [0.15, 0.2) is 5.82 Å². The first-order valence-corrected chi connectivity index (χ1v) is 5.02. The number of halogens is 1. The molecule has 1 aromatic heterocycles. The van der Waals surface area contributed by atoms with E-state index in [1.54, 1.807) is 13.0 Å². The normalized spacial score (nSPS) is 10.9. The molecule has 0 aliphatic heterocycles. The zero-order valence-corrected chi connectivity index (χ0v) is 9.17. The van der Waals surface area contributed by atoms with Crippen LogP contribution in [0, 0.1) is 12.7 Å². The standard InChI is InChI=1S/C12H14FNO/c1-4-15-9-5-6-11-10(7-9)12(13)8(2)14(11)3/h5-7H,4H2,1-3H3. The van der Waals surface area contributed by atoms with Crippen LogP contribution in [0.3, 0.4) is 0 Å². The van der Waals surface area contributed by atoms with Crippen molar-refractivity contribution in [2.45, 2.75) is 13.8 Å². The summed E-state index contributed by atoms with van der Waals surface area (Å²) in [5.74, 6) is 0.559. The molecule has 80 valence electrons. The molecular formula is C12H14FNO. The zero-order chi connectivity index (χ0) is 11.0. The van der Waals surface area contributed by atoms with Gasteiger partial charge in [0.1, 0.15) is 5.75 Å². The van der Waals surface area contributed by atoms with E-state index in [2.05, 4.69) is 0 Å². The Hall–Kier alpha value is -1.51. The molecule has 0 spiro atoms.